The second kappa shape index (κ2) is 4.08. The van der Waals surface area contributed by atoms with Gasteiger partial charge in [0.25, 0.3) is 5.56 Å². The van der Waals surface area contributed by atoms with E-state index in [4.69, 9.17) is 4.52 Å². The Bertz CT molecular complexity index is 358. The summed E-state index contributed by atoms with van der Waals surface area (Å²) in [5.74, 6) is 2.99. The molecule has 1 atom stereocenters. The van der Waals surface area contributed by atoms with Gasteiger partial charge in [-0.1, -0.05) is 0 Å². The van der Waals surface area contributed by atoms with Gasteiger partial charge in [0.1, 0.15) is 17.1 Å². The summed E-state index contributed by atoms with van der Waals surface area (Å²) in [6, 6.07) is 0. The van der Waals surface area contributed by atoms with Crippen LogP contribution >= 0.6 is 0 Å². The van der Waals surface area contributed by atoms with E-state index in [2.05, 4.69) is 6.26 Å². The van der Waals surface area contributed by atoms with Gasteiger partial charge in [-0.25, -0.2) is 0 Å². The van der Waals surface area contributed by atoms with Crippen molar-refractivity contribution in [1.82, 2.24) is 4.74 Å². The second-order valence-electron chi connectivity index (χ2n) is 3.18. The molecule has 0 bridgehead atoms. The van der Waals surface area contributed by atoms with E-state index in [9.17, 15) is 4.79 Å². The number of hydrogen-bond donors (Lipinski definition) is 0. The minimum absolute atomic E-state index is 0. The van der Waals surface area contributed by atoms with Gasteiger partial charge in [0.15, 0.2) is 5.76 Å². The third kappa shape index (κ3) is 1.96. The van der Waals surface area contributed by atoms with Gasteiger partial charge in [0.2, 0.25) is 0 Å². The monoisotopic (exact) mass is 313 g/mol. The normalized spacial score (nSPS) is 20.6. The fourth-order valence-corrected chi connectivity index (χ4v) is 2.95. The number of nitrogens with zero attached hydrogens (tertiary/aromatic N) is 1. The lowest BCUT2D eigenvalue weighted by atomic mass is 10.2. The van der Waals surface area contributed by atoms with Crippen LogP contribution in [-0.4, -0.2) is 16.7 Å². The first-order valence-electron chi connectivity index (χ1n) is 3.95. The van der Waals surface area contributed by atoms with Crippen molar-refractivity contribution < 1.29 is 28.5 Å². The Balaban J connectivity index is 0.000000845. The molecule has 0 fully saturated rings. The molecule has 0 aliphatic carbocycles. The summed E-state index contributed by atoms with van der Waals surface area (Å²) in [5.41, 5.74) is 0.971. The van der Waals surface area contributed by atoms with Crippen molar-refractivity contribution in [1.29, 1.82) is 0 Å². The van der Waals surface area contributed by atoms with Crippen LogP contribution in [0.4, 0.5) is 0 Å². The Kier molecular flexibility index (Phi) is 3.50. The van der Waals surface area contributed by atoms with Gasteiger partial charge >= 0.3 is 0 Å². The molecule has 0 radical (unpaired) electrons. The van der Waals surface area contributed by atoms with Crippen LogP contribution in [-0.2, 0) is 30.1 Å². The maximum absolute atomic E-state index is 11.4. The molecule has 1 aliphatic heterocycles. The van der Waals surface area contributed by atoms with E-state index in [0.717, 1.165) is 23.5 Å². The van der Waals surface area contributed by atoms with Crippen molar-refractivity contribution in [2.24, 2.45) is 7.05 Å². The third-order valence-corrected chi connectivity index (χ3v) is 3.88. The zero-order valence-corrected chi connectivity index (χ0v) is 10.6. The van der Waals surface area contributed by atoms with Crippen LogP contribution in [0.3, 0.4) is 0 Å². The van der Waals surface area contributed by atoms with Gasteiger partial charge in [-0.05, 0) is 10.9 Å². The summed E-state index contributed by atoms with van der Waals surface area (Å²) in [6.07, 6.45) is 3.14. The SMILES string of the molecule is Cn1oc2c(c1=O)C[S+](C)CC2.[I-]. The standard InChI is InChI=1S/C8H12NO2S.HI/c1-9-8(10)6-5-12(2)4-3-7(6)11-9;/h3-5H2,1-2H3;1H/q+1;/p-1. The van der Waals surface area contributed by atoms with Gasteiger partial charge < -0.3 is 28.5 Å². The van der Waals surface area contributed by atoms with E-state index in [1.807, 2.05) is 0 Å². The minimum atomic E-state index is 0. The fraction of sp³-hybridized carbons (Fsp3) is 0.625. The topological polar surface area (TPSA) is 35.1 Å². The van der Waals surface area contributed by atoms with Gasteiger partial charge in [-0.15, -0.1) is 0 Å². The lowest BCUT2D eigenvalue weighted by Crippen LogP contribution is -3.00. The highest BCUT2D eigenvalue weighted by molar-refractivity contribution is 7.95. The zero-order chi connectivity index (χ0) is 8.72. The molecule has 1 unspecified atom stereocenters. The van der Waals surface area contributed by atoms with E-state index in [1.165, 1.54) is 10.5 Å². The number of aryl methyl sites for hydroxylation is 2. The van der Waals surface area contributed by atoms with Crippen molar-refractivity contribution in [2.45, 2.75) is 12.2 Å². The average molecular weight is 313 g/mol. The van der Waals surface area contributed by atoms with Gasteiger partial charge in [0, 0.05) is 7.05 Å². The maximum atomic E-state index is 11.4. The van der Waals surface area contributed by atoms with Gasteiger partial charge in [-0.2, -0.15) is 4.74 Å². The summed E-state index contributed by atoms with van der Waals surface area (Å²) in [7, 11) is 2.05. The van der Waals surface area contributed by atoms with Crippen LogP contribution in [0.15, 0.2) is 9.32 Å². The maximum Gasteiger partial charge on any atom is 0.290 e. The Hall–Kier alpha value is 0.0900. The Morgan fingerprint density at radius 1 is 1.54 bits per heavy atom. The summed E-state index contributed by atoms with van der Waals surface area (Å²) in [4.78, 5) is 11.4. The molecule has 13 heavy (non-hydrogen) atoms. The van der Waals surface area contributed by atoms with E-state index in [0.29, 0.717) is 10.9 Å². The molecule has 3 nitrogen and oxygen atoms in total. The van der Waals surface area contributed by atoms with Crippen molar-refractivity contribution >= 4 is 10.9 Å². The number of fused-ring (bicyclic) bond motifs is 1. The number of halogens is 1. The van der Waals surface area contributed by atoms with E-state index < -0.39 is 0 Å². The zero-order valence-electron chi connectivity index (χ0n) is 7.67. The quantitative estimate of drug-likeness (QED) is 0.386. The molecular weight excluding hydrogens is 301 g/mol. The van der Waals surface area contributed by atoms with E-state index in [-0.39, 0.29) is 29.5 Å². The lowest BCUT2D eigenvalue weighted by molar-refractivity contribution is -0.00000343. The summed E-state index contributed by atoms with van der Waals surface area (Å²) >= 11 is 0. The average Bonchev–Trinajstić information content (AvgIpc) is 2.31. The highest BCUT2D eigenvalue weighted by atomic mass is 127. The number of aromatic nitrogens is 1. The molecule has 1 aromatic heterocycles. The van der Waals surface area contributed by atoms with Crippen LogP contribution in [0, 0.1) is 0 Å². The van der Waals surface area contributed by atoms with Crippen molar-refractivity contribution in [3.05, 3.63) is 21.7 Å². The Labute approximate surface area is 96.8 Å². The molecule has 0 N–H and O–H groups in total. The number of hydrogen-bond acceptors (Lipinski definition) is 2. The molecule has 1 aliphatic rings. The first-order chi connectivity index (χ1) is 5.68. The van der Waals surface area contributed by atoms with Gasteiger partial charge in [-0.3, -0.25) is 4.79 Å². The first kappa shape index (κ1) is 11.2. The fourth-order valence-electron chi connectivity index (χ4n) is 1.50. The van der Waals surface area contributed by atoms with E-state index in [1.54, 1.807) is 7.05 Å². The number of rotatable bonds is 0. The Morgan fingerprint density at radius 3 is 2.92 bits per heavy atom. The molecule has 74 valence electrons. The first-order valence-corrected chi connectivity index (χ1v) is 5.93. The van der Waals surface area contributed by atoms with Crippen molar-refractivity contribution in [3.63, 3.8) is 0 Å². The van der Waals surface area contributed by atoms with Crippen LogP contribution in [0.2, 0.25) is 0 Å². The minimum Gasteiger partial charge on any atom is -1.00 e. The van der Waals surface area contributed by atoms with Crippen LogP contribution in [0.1, 0.15) is 11.3 Å². The highest BCUT2D eigenvalue weighted by Crippen LogP contribution is 2.17. The largest absolute Gasteiger partial charge is 1.00 e. The molecule has 2 rings (SSSR count). The van der Waals surface area contributed by atoms with Crippen molar-refractivity contribution in [3.8, 4) is 0 Å². The molecule has 2 heterocycles. The molecule has 5 heteroatoms. The van der Waals surface area contributed by atoms with E-state index >= 15 is 0 Å². The molecular formula is C8H12INO2S. The highest BCUT2D eigenvalue weighted by Gasteiger charge is 2.28. The molecule has 0 saturated carbocycles. The molecule has 0 spiro atoms. The predicted molar refractivity (Wildman–Crippen MR) is 49.5 cm³/mol. The molecule has 0 saturated heterocycles. The van der Waals surface area contributed by atoms with Crippen LogP contribution in [0.25, 0.3) is 0 Å². The van der Waals surface area contributed by atoms with Crippen LogP contribution < -0.4 is 29.5 Å². The lowest BCUT2D eigenvalue weighted by Gasteiger charge is -2.06. The van der Waals surface area contributed by atoms with Crippen LogP contribution in [0.5, 0.6) is 0 Å². The van der Waals surface area contributed by atoms with Crippen molar-refractivity contribution in [2.75, 3.05) is 12.0 Å². The smallest absolute Gasteiger partial charge is 0.290 e. The summed E-state index contributed by atoms with van der Waals surface area (Å²) in [6.45, 7) is 0. The third-order valence-electron chi connectivity index (χ3n) is 2.20. The Morgan fingerprint density at radius 2 is 2.23 bits per heavy atom. The van der Waals surface area contributed by atoms with Gasteiger partial charge in [0.05, 0.1) is 12.7 Å². The summed E-state index contributed by atoms with van der Waals surface area (Å²) in [5, 5.41) is 0. The molecule has 1 aromatic rings. The predicted octanol–water partition coefficient (Wildman–Crippen LogP) is -2.71. The molecule has 0 aromatic carbocycles. The molecule has 0 amide bonds. The second-order valence-corrected chi connectivity index (χ2v) is 5.44. The summed E-state index contributed by atoms with van der Waals surface area (Å²) < 4.78 is 6.63.